The first-order valence-corrected chi connectivity index (χ1v) is 9.38. The number of ether oxygens (including phenoxy) is 1. The zero-order valence-electron chi connectivity index (χ0n) is 14.3. The molecule has 0 N–H and O–H groups in total. The van der Waals surface area contributed by atoms with Crippen molar-refractivity contribution in [1.82, 2.24) is 5.16 Å². The summed E-state index contributed by atoms with van der Waals surface area (Å²) in [6.07, 6.45) is 7.08. The highest BCUT2D eigenvalue weighted by atomic mass is 16.6. The molecule has 4 aliphatic carbocycles. The molecular weight excluding hydrogens is 314 g/mol. The van der Waals surface area contributed by atoms with Crippen LogP contribution in [0.2, 0.25) is 0 Å². The van der Waals surface area contributed by atoms with Gasteiger partial charge < -0.3 is 9.26 Å². The second-order valence-corrected chi connectivity index (χ2v) is 8.32. The van der Waals surface area contributed by atoms with Crippen LogP contribution >= 0.6 is 0 Å². The first kappa shape index (κ1) is 15.2. The van der Waals surface area contributed by atoms with Gasteiger partial charge in [0.25, 0.3) is 0 Å². The van der Waals surface area contributed by atoms with Gasteiger partial charge in [-0.05, 0) is 56.3 Å². The Labute approximate surface area is 147 Å². The van der Waals surface area contributed by atoms with Crippen molar-refractivity contribution in [2.24, 2.45) is 23.2 Å². The van der Waals surface area contributed by atoms with Crippen molar-refractivity contribution in [2.45, 2.75) is 45.1 Å². The van der Waals surface area contributed by atoms with Crippen LogP contribution in [0, 0.1) is 23.2 Å². The molecule has 1 aromatic heterocycles. The molecule has 2 aromatic rings. The summed E-state index contributed by atoms with van der Waals surface area (Å²) < 4.78 is 11.1. The highest BCUT2D eigenvalue weighted by Gasteiger charge is 2.55. The van der Waals surface area contributed by atoms with Crippen molar-refractivity contribution in [3.05, 3.63) is 42.2 Å². The molecule has 0 unspecified atom stereocenters. The number of aromatic nitrogens is 1. The van der Waals surface area contributed by atoms with E-state index in [1.165, 1.54) is 19.3 Å². The van der Waals surface area contributed by atoms with Gasteiger partial charge in [0.05, 0.1) is 5.41 Å². The number of benzene rings is 1. The van der Waals surface area contributed by atoms with Crippen LogP contribution < -0.4 is 0 Å². The summed E-state index contributed by atoms with van der Waals surface area (Å²) in [5.74, 6) is 2.83. The fourth-order valence-corrected chi connectivity index (χ4v) is 5.78. The van der Waals surface area contributed by atoms with Crippen molar-refractivity contribution in [3.8, 4) is 11.3 Å². The molecular formula is C21H23NO3. The number of hydrogen-bond acceptors (Lipinski definition) is 4. The molecule has 4 fully saturated rings. The minimum Gasteiger partial charge on any atom is -0.457 e. The number of rotatable bonds is 4. The van der Waals surface area contributed by atoms with Crippen LogP contribution in [0.1, 0.15) is 44.3 Å². The smallest absolute Gasteiger partial charge is 0.312 e. The third-order valence-electron chi connectivity index (χ3n) is 6.45. The third-order valence-corrected chi connectivity index (χ3v) is 6.45. The lowest BCUT2D eigenvalue weighted by atomic mass is 9.49. The second kappa shape index (κ2) is 5.72. The van der Waals surface area contributed by atoms with Crippen molar-refractivity contribution in [1.29, 1.82) is 0 Å². The van der Waals surface area contributed by atoms with Gasteiger partial charge in [-0.1, -0.05) is 35.5 Å². The normalized spacial score (nSPS) is 32.7. The summed E-state index contributed by atoms with van der Waals surface area (Å²) in [6.45, 7) is 0.181. The van der Waals surface area contributed by atoms with Crippen LogP contribution in [0.3, 0.4) is 0 Å². The Hall–Kier alpha value is -2.10. The highest BCUT2D eigenvalue weighted by molar-refractivity contribution is 5.77. The van der Waals surface area contributed by atoms with E-state index in [-0.39, 0.29) is 18.0 Å². The topological polar surface area (TPSA) is 52.3 Å². The zero-order chi connectivity index (χ0) is 16.9. The van der Waals surface area contributed by atoms with E-state index in [2.05, 4.69) is 5.16 Å². The number of esters is 1. The summed E-state index contributed by atoms with van der Waals surface area (Å²) in [5, 5.41) is 4.09. The van der Waals surface area contributed by atoms with Crippen LogP contribution in [0.4, 0.5) is 0 Å². The Balaban J connectivity index is 1.26. The Morgan fingerprint density at radius 3 is 2.36 bits per heavy atom. The maximum atomic E-state index is 12.9. The Morgan fingerprint density at radius 2 is 1.72 bits per heavy atom. The Kier molecular flexibility index (Phi) is 3.47. The van der Waals surface area contributed by atoms with Crippen LogP contribution in [0.15, 0.2) is 40.9 Å². The molecule has 6 rings (SSSR count). The standard InChI is InChI=1S/C21H23NO3/c23-20(21-10-14-6-15(11-21)8-16(7-14)12-21)24-13-18-9-19(22-25-18)17-4-2-1-3-5-17/h1-5,9,14-16H,6-8,10-13H2. The molecule has 4 saturated carbocycles. The van der Waals surface area contributed by atoms with E-state index in [9.17, 15) is 4.79 Å². The van der Waals surface area contributed by atoms with Gasteiger partial charge in [-0.15, -0.1) is 0 Å². The maximum Gasteiger partial charge on any atom is 0.312 e. The Morgan fingerprint density at radius 1 is 1.08 bits per heavy atom. The quantitative estimate of drug-likeness (QED) is 0.765. The third kappa shape index (κ3) is 2.68. The van der Waals surface area contributed by atoms with Crippen molar-refractivity contribution in [2.75, 3.05) is 0 Å². The molecule has 1 aromatic carbocycles. The van der Waals surface area contributed by atoms with Crippen molar-refractivity contribution >= 4 is 5.97 Å². The second-order valence-electron chi connectivity index (χ2n) is 8.32. The molecule has 0 atom stereocenters. The predicted octanol–water partition coefficient (Wildman–Crippen LogP) is 4.60. The van der Waals surface area contributed by atoms with Gasteiger partial charge in [-0.25, -0.2) is 0 Å². The van der Waals surface area contributed by atoms with Gasteiger partial charge in [-0.2, -0.15) is 0 Å². The van der Waals surface area contributed by atoms with E-state index in [1.54, 1.807) is 0 Å². The first-order valence-electron chi connectivity index (χ1n) is 9.38. The van der Waals surface area contributed by atoms with E-state index in [4.69, 9.17) is 9.26 Å². The van der Waals surface area contributed by atoms with Crippen LogP contribution in [0.25, 0.3) is 11.3 Å². The largest absolute Gasteiger partial charge is 0.457 e. The van der Waals surface area contributed by atoms with Crippen LogP contribution in [-0.4, -0.2) is 11.1 Å². The summed E-state index contributed by atoms with van der Waals surface area (Å²) in [6, 6.07) is 11.7. The predicted molar refractivity (Wildman–Crippen MR) is 92.3 cm³/mol. The van der Waals surface area contributed by atoms with E-state index in [1.807, 2.05) is 36.4 Å². The molecule has 25 heavy (non-hydrogen) atoms. The summed E-state index contributed by atoms with van der Waals surface area (Å²) in [7, 11) is 0. The van der Waals surface area contributed by atoms with Gasteiger partial charge in [0.2, 0.25) is 0 Å². The molecule has 4 nitrogen and oxygen atoms in total. The van der Waals surface area contributed by atoms with E-state index >= 15 is 0 Å². The molecule has 130 valence electrons. The summed E-state index contributed by atoms with van der Waals surface area (Å²) in [5.41, 5.74) is 1.57. The number of nitrogens with zero attached hydrogens (tertiary/aromatic N) is 1. The van der Waals surface area contributed by atoms with Gasteiger partial charge in [-0.3, -0.25) is 4.79 Å². The lowest BCUT2D eigenvalue weighted by molar-refractivity contribution is -0.173. The van der Waals surface area contributed by atoms with Gasteiger partial charge >= 0.3 is 5.97 Å². The molecule has 4 bridgehead atoms. The van der Waals surface area contributed by atoms with E-state index in [0.29, 0.717) is 5.76 Å². The lowest BCUT2D eigenvalue weighted by Crippen LogP contribution is -2.50. The number of carbonyl (C=O) groups is 1. The monoisotopic (exact) mass is 337 g/mol. The first-order chi connectivity index (χ1) is 12.2. The molecule has 0 saturated heterocycles. The van der Waals surface area contributed by atoms with Crippen molar-refractivity contribution in [3.63, 3.8) is 0 Å². The van der Waals surface area contributed by atoms with Crippen molar-refractivity contribution < 1.29 is 14.1 Å². The summed E-state index contributed by atoms with van der Waals surface area (Å²) in [4.78, 5) is 12.9. The van der Waals surface area contributed by atoms with Crippen LogP contribution in [0.5, 0.6) is 0 Å². The van der Waals surface area contributed by atoms with E-state index < -0.39 is 0 Å². The number of hydrogen-bond donors (Lipinski definition) is 0. The maximum absolute atomic E-state index is 12.9. The van der Waals surface area contributed by atoms with E-state index in [0.717, 1.165) is 48.3 Å². The summed E-state index contributed by atoms with van der Waals surface area (Å²) >= 11 is 0. The molecule has 4 aliphatic rings. The molecule has 0 spiro atoms. The van der Waals surface area contributed by atoms with Gasteiger partial charge in [0.15, 0.2) is 12.4 Å². The minimum atomic E-state index is -0.211. The molecule has 0 aliphatic heterocycles. The SMILES string of the molecule is O=C(OCc1cc(-c2ccccc2)no1)C12CC3CC(CC(C3)C1)C2. The molecule has 1 heterocycles. The van der Waals surface area contributed by atoms with Gasteiger partial charge in [0, 0.05) is 11.6 Å². The minimum absolute atomic E-state index is 0.00994. The van der Waals surface area contributed by atoms with Crippen LogP contribution in [-0.2, 0) is 16.1 Å². The average Bonchev–Trinajstić information content (AvgIpc) is 3.08. The number of carbonyl (C=O) groups excluding carboxylic acids is 1. The zero-order valence-corrected chi connectivity index (χ0v) is 14.3. The fraction of sp³-hybridized carbons (Fsp3) is 0.524. The van der Waals surface area contributed by atoms with Gasteiger partial charge in [0.1, 0.15) is 5.69 Å². The fourth-order valence-electron chi connectivity index (χ4n) is 5.78. The average molecular weight is 337 g/mol. The lowest BCUT2D eigenvalue weighted by Gasteiger charge is -2.55. The molecule has 0 radical (unpaired) electrons. The molecule has 4 heteroatoms. The molecule has 0 amide bonds. The Bertz CT molecular complexity index is 744. The highest BCUT2D eigenvalue weighted by Crippen LogP contribution is 2.60.